The van der Waals surface area contributed by atoms with E-state index < -0.39 is 10.0 Å². The maximum atomic E-state index is 11.8. The van der Waals surface area contributed by atoms with Crippen molar-refractivity contribution in [2.45, 2.75) is 20.0 Å². The van der Waals surface area contributed by atoms with Crippen LogP contribution in [0.3, 0.4) is 0 Å². The Morgan fingerprint density at radius 3 is 2.32 bits per heavy atom. The Morgan fingerprint density at radius 1 is 0.871 bits per heavy atom. The Bertz CT molecular complexity index is 1160. The van der Waals surface area contributed by atoms with Crippen LogP contribution in [0.2, 0.25) is 0 Å². The maximum absolute atomic E-state index is 11.8. The molecule has 1 N–H and O–H groups in total. The molecule has 31 heavy (non-hydrogen) atoms. The number of sulfonamides is 1. The Balaban J connectivity index is 1.69. The molecule has 0 amide bonds. The van der Waals surface area contributed by atoms with Crippen molar-refractivity contribution < 1.29 is 17.9 Å². The molecule has 0 saturated heterocycles. The topological polar surface area (TPSA) is 67.9 Å². The molecule has 0 fully saturated rings. The largest absolute Gasteiger partial charge is 0.486 e. The molecule has 0 atom stereocenters. The standard InChI is InChI=1S/C24H26N2O4S/c1-18-21(25-31(2,27)28)9-6-10-22(18)26(16-19-7-4-3-5-8-19)17-20-11-12-23-24(15-20)30-14-13-29-23/h3-12,15,25H,13-14,16-17H2,1-2H3. The molecule has 0 aliphatic carbocycles. The first kappa shape index (κ1) is 21.1. The quantitative estimate of drug-likeness (QED) is 0.594. The van der Waals surface area contributed by atoms with E-state index in [0.29, 0.717) is 32.0 Å². The van der Waals surface area contributed by atoms with E-state index in [9.17, 15) is 8.42 Å². The minimum Gasteiger partial charge on any atom is -0.486 e. The monoisotopic (exact) mass is 438 g/mol. The van der Waals surface area contributed by atoms with Gasteiger partial charge in [-0.3, -0.25) is 4.72 Å². The van der Waals surface area contributed by atoms with Gasteiger partial charge in [-0.05, 0) is 47.9 Å². The summed E-state index contributed by atoms with van der Waals surface area (Å²) in [6.07, 6.45) is 1.16. The highest BCUT2D eigenvalue weighted by Gasteiger charge is 2.17. The van der Waals surface area contributed by atoms with Crippen LogP contribution in [0, 0.1) is 6.92 Å². The van der Waals surface area contributed by atoms with Gasteiger partial charge in [-0.1, -0.05) is 42.5 Å². The van der Waals surface area contributed by atoms with E-state index in [4.69, 9.17) is 9.47 Å². The first-order chi connectivity index (χ1) is 14.9. The molecule has 3 aromatic rings. The molecule has 0 spiro atoms. The normalized spacial score (nSPS) is 13.0. The molecule has 1 aliphatic rings. The SMILES string of the molecule is Cc1c(NS(C)(=O)=O)cccc1N(Cc1ccccc1)Cc1ccc2c(c1)OCCO2. The average molecular weight is 439 g/mol. The molecule has 3 aromatic carbocycles. The number of benzene rings is 3. The van der Waals surface area contributed by atoms with E-state index in [1.165, 1.54) is 5.56 Å². The van der Waals surface area contributed by atoms with Gasteiger partial charge in [-0.25, -0.2) is 8.42 Å². The van der Waals surface area contributed by atoms with E-state index in [-0.39, 0.29) is 0 Å². The lowest BCUT2D eigenvalue weighted by atomic mass is 10.1. The van der Waals surface area contributed by atoms with Crippen molar-refractivity contribution >= 4 is 21.4 Å². The minimum absolute atomic E-state index is 0.544. The van der Waals surface area contributed by atoms with E-state index in [1.807, 2.05) is 55.5 Å². The molecule has 162 valence electrons. The second-order valence-corrected chi connectivity index (χ2v) is 9.39. The molecular formula is C24H26N2O4S. The van der Waals surface area contributed by atoms with Crippen LogP contribution < -0.4 is 19.1 Å². The molecule has 0 bridgehead atoms. The van der Waals surface area contributed by atoms with Gasteiger partial charge >= 0.3 is 0 Å². The molecule has 6 nitrogen and oxygen atoms in total. The molecule has 0 aromatic heterocycles. The van der Waals surface area contributed by atoms with Crippen molar-refractivity contribution in [1.82, 2.24) is 0 Å². The van der Waals surface area contributed by atoms with Gasteiger partial charge in [0.05, 0.1) is 11.9 Å². The highest BCUT2D eigenvalue weighted by atomic mass is 32.2. The van der Waals surface area contributed by atoms with Crippen molar-refractivity contribution in [2.24, 2.45) is 0 Å². The highest BCUT2D eigenvalue weighted by molar-refractivity contribution is 7.92. The lowest BCUT2D eigenvalue weighted by Crippen LogP contribution is -2.24. The third kappa shape index (κ3) is 5.30. The summed E-state index contributed by atoms with van der Waals surface area (Å²) in [5.41, 5.74) is 4.68. The van der Waals surface area contributed by atoms with Crippen LogP contribution in [0.4, 0.5) is 11.4 Å². The minimum atomic E-state index is -3.37. The van der Waals surface area contributed by atoms with E-state index in [0.717, 1.165) is 34.6 Å². The predicted molar refractivity (Wildman–Crippen MR) is 123 cm³/mol. The van der Waals surface area contributed by atoms with E-state index in [2.05, 4.69) is 21.8 Å². The fourth-order valence-electron chi connectivity index (χ4n) is 3.71. The Labute approximate surface area is 183 Å². The third-order valence-corrected chi connectivity index (χ3v) is 5.73. The molecule has 0 unspecified atom stereocenters. The molecule has 1 aliphatic heterocycles. The third-order valence-electron chi connectivity index (χ3n) is 5.14. The second-order valence-electron chi connectivity index (χ2n) is 7.64. The number of hydrogen-bond donors (Lipinski definition) is 1. The predicted octanol–water partition coefficient (Wildman–Crippen LogP) is 4.34. The highest BCUT2D eigenvalue weighted by Crippen LogP contribution is 2.33. The van der Waals surface area contributed by atoms with E-state index >= 15 is 0 Å². The fourth-order valence-corrected chi connectivity index (χ4v) is 4.33. The van der Waals surface area contributed by atoms with Gasteiger partial charge in [0.2, 0.25) is 10.0 Å². The summed E-state index contributed by atoms with van der Waals surface area (Å²) in [6.45, 7) is 4.35. The summed E-state index contributed by atoms with van der Waals surface area (Å²) >= 11 is 0. The van der Waals surface area contributed by atoms with Gasteiger partial charge in [0.1, 0.15) is 13.2 Å². The molecule has 0 saturated carbocycles. The maximum Gasteiger partial charge on any atom is 0.229 e. The summed E-state index contributed by atoms with van der Waals surface area (Å²) in [5, 5.41) is 0. The van der Waals surface area contributed by atoms with Crippen molar-refractivity contribution in [3.8, 4) is 11.5 Å². The van der Waals surface area contributed by atoms with Gasteiger partial charge in [-0.2, -0.15) is 0 Å². The Hall–Kier alpha value is -3.19. The zero-order valence-corrected chi connectivity index (χ0v) is 18.5. The number of rotatable bonds is 7. The summed E-state index contributed by atoms with van der Waals surface area (Å²) < 4.78 is 37.6. The summed E-state index contributed by atoms with van der Waals surface area (Å²) in [4.78, 5) is 2.24. The molecule has 0 radical (unpaired) electrons. The smallest absolute Gasteiger partial charge is 0.229 e. The van der Waals surface area contributed by atoms with Crippen molar-refractivity contribution in [3.05, 3.63) is 83.4 Å². The zero-order chi connectivity index (χ0) is 21.8. The van der Waals surface area contributed by atoms with Gasteiger partial charge in [-0.15, -0.1) is 0 Å². The van der Waals surface area contributed by atoms with Crippen LogP contribution in [-0.4, -0.2) is 27.9 Å². The van der Waals surface area contributed by atoms with Crippen LogP contribution in [0.15, 0.2) is 66.7 Å². The van der Waals surface area contributed by atoms with Crippen molar-refractivity contribution in [1.29, 1.82) is 0 Å². The van der Waals surface area contributed by atoms with Crippen molar-refractivity contribution in [3.63, 3.8) is 0 Å². The summed E-state index contributed by atoms with van der Waals surface area (Å²) in [6, 6.07) is 21.9. The molecule has 4 rings (SSSR count). The average Bonchev–Trinajstić information content (AvgIpc) is 2.74. The van der Waals surface area contributed by atoms with Crippen LogP contribution in [-0.2, 0) is 23.1 Å². The second kappa shape index (κ2) is 8.89. The lowest BCUT2D eigenvalue weighted by Gasteiger charge is -2.28. The number of hydrogen-bond acceptors (Lipinski definition) is 5. The van der Waals surface area contributed by atoms with Crippen LogP contribution in [0.5, 0.6) is 11.5 Å². The zero-order valence-electron chi connectivity index (χ0n) is 17.7. The summed E-state index contributed by atoms with van der Waals surface area (Å²) in [7, 11) is -3.37. The Morgan fingerprint density at radius 2 is 1.58 bits per heavy atom. The van der Waals surface area contributed by atoms with Gasteiger partial charge < -0.3 is 14.4 Å². The number of anilines is 2. The molecular weight excluding hydrogens is 412 g/mol. The number of nitrogens with zero attached hydrogens (tertiary/aromatic N) is 1. The lowest BCUT2D eigenvalue weighted by molar-refractivity contribution is 0.171. The van der Waals surface area contributed by atoms with Crippen molar-refractivity contribution in [2.75, 3.05) is 29.1 Å². The van der Waals surface area contributed by atoms with Crippen LogP contribution in [0.25, 0.3) is 0 Å². The number of ether oxygens (including phenoxy) is 2. The first-order valence-electron chi connectivity index (χ1n) is 10.1. The number of fused-ring (bicyclic) bond motifs is 1. The molecule has 7 heteroatoms. The molecule has 1 heterocycles. The summed E-state index contributed by atoms with van der Waals surface area (Å²) in [5.74, 6) is 1.52. The fraction of sp³-hybridized carbons (Fsp3) is 0.250. The van der Waals surface area contributed by atoms with Gasteiger partial charge in [0, 0.05) is 18.8 Å². The van der Waals surface area contributed by atoms with Gasteiger partial charge in [0.25, 0.3) is 0 Å². The first-order valence-corrected chi connectivity index (χ1v) is 12.0. The Kier molecular flexibility index (Phi) is 6.04. The number of nitrogens with one attached hydrogen (secondary N) is 1. The van der Waals surface area contributed by atoms with E-state index in [1.54, 1.807) is 6.07 Å². The van der Waals surface area contributed by atoms with Crippen LogP contribution >= 0.6 is 0 Å². The van der Waals surface area contributed by atoms with Gasteiger partial charge in [0.15, 0.2) is 11.5 Å². The van der Waals surface area contributed by atoms with Crippen LogP contribution in [0.1, 0.15) is 16.7 Å².